The molecule has 0 aliphatic carbocycles. The summed E-state index contributed by atoms with van der Waals surface area (Å²) >= 11 is 0. The van der Waals surface area contributed by atoms with Gasteiger partial charge in [0.2, 0.25) is 5.88 Å². The van der Waals surface area contributed by atoms with Crippen LogP contribution in [0.5, 0.6) is 5.88 Å². The maximum atomic E-state index is 5.41. The highest BCUT2D eigenvalue weighted by atomic mass is 16.5. The van der Waals surface area contributed by atoms with E-state index in [0.29, 0.717) is 31.1 Å². The van der Waals surface area contributed by atoms with Gasteiger partial charge in [0.05, 0.1) is 18.5 Å². The van der Waals surface area contributed by atoms with Gasteiger partial charge in [-0.15, -0.1) is 0 Å². The van der Waals surface area contributed by atoms with Gasteiger partial charge in [-0.05, 0) is 18.9 Å². The summed E-state index contributed by atoms with van der Waals surface area (Å²) in [7, 11) is 1.65. The SMILES string of the molecule is CCC(C)C(C)Nc1ccc(OCCOC)nc1. The summed E-state index contributed by atoms with van der Waals surface area (Å²) in [6, 6.07) is 4.31. The fraction of sp³-hybridized carbons (Fsp3) is 0.643. The largest absolute Gasteiger partial charge is 0.475 e. The van der Waals surface area contributed by atoms with Gasteiger partial charge in [0.25, 0.3) is 0 Å². The van der Waals surface area contributed by atoms with Crippen molar-refractivity contribution in [2.24, 2.45) is 5.92 Å². The molecule has 0 saturated carbocycles. The molecule has 18 heavy (non-hydrogen) atoms. The smallest absolute Gasteiger partial charge is 0.213 e. The molecule has 0 fully saturated rings. The summed E-state index contributed by atoms with van der Waals surface area (Å²) in [6.07, 6.45) is 2.97. The Bertz CT molecular complexity index is 327. The molecule has 0 aromatic carbocycles. The normalized spacial score (nSPS) is 14.0. The third kappa shape index (κ3) is 4.92. The Hall–Kier alpha value is -1.29. The number of aromatic nitrogens is 1. The van der Waals surface area contributed by atoms with Gasteiger partial charge in [-0.2, -0.15) is 0 Å². The second-order valence-electron chi connectivity index (χ2n) is 4.54. The quantitative estimate of drug-likeness (QED) is 0.722. The third-order valence-electron chi connectivity index (χ3n) is 3.17. The first-order valence-electron chi connectivity index (χ1n) is 6.51. The van der Waals surface area contributed by atoms with E-state index in [1.807, 2.05) is 12.1 Å². The van der Waals surface area contributed by atoms with Crippen LogP contribution in [0.4, 0.5) is 5.69 Å². The highest BCUT2D eigenvalue weighted by molar-refractivity contribution is 5.42. The average molecular weight is 252 g/mol. The molecule has 4 heteroatoms. The predicted molar refractivity (Wildman–Crippen MR) is 74.1 cm³/mol. The van der Waals surface area contributed by atoms with Gasteiger partial charge in [-0.1, -0.05) is 20.3 Å². The molecule has 0 saturated heterocycles. The summed E-state index contributed by atoms with van der Waals surface area (Å²) in [5.74, 6) is 1.27. The van der Waals surface area contributed by atoms with Crippen LogP contribution in [0.15, 0.2) is 18.3 Å². The molecule has 2 atom stereocenters. The van der Waals surface area contributed by atoms with Crippen molar-refractivity contribution >= 4 is 5.69 Å². The number of anilines is 1. The van der Waals surface area contributed by atoms with E-state index in [-0.39, 0.29) is 0 Å². The van der Waals surface area contributed by atoms with E-state index in [1.54, 1.807) is 13.3 Å². The highest BCUT2D eigenvalue weighted by Gasteiger charge is 2.09. The van der Waals surface area contributed by atoms with E-state index in [4.69, 9.17) is 9.47 Å². The van der Waals surface area contributed by atoms with Crippen molar-refractivity contribution in [2.45, 2.75) is 33.2 Å². The Morgan fingerprint density at radius 1 is 1.28 bits per heavy atom. The van der Waals surface area contributed by atoms with Crippen LogP contribution in [-0.2, 0) is 4.74 Å². The molecule has 1 aromatic heterocycles. The summed E-state index contributed by atoms with van der Waals surface area (Å²) in [5, 5.41) is 3.44. The summed E-state index contributed by atoms with van der Waals surface area (Å²) in [4.78, 5) is 4.25. The van der Waals surface area contributed by atoms with Crippen molar-refractivity contribution in [1.82, 2.24) is 4.98 Å². The minimum atomic E-state index is 0.442. The summed E-state index contributed by atoms with van der Waals surface area (Å²) in [5.41, 5.74) is 1.03. The van der Waals surface area contributed by atoms with Crippen LogP contribution >= 0.6 is 0 Å². The van der Waals surface area contributed by atoms with Crippen LogP contribution in [0.3, 0.4) is 0 Å². The van der Waals surface area contributed by atoms with Crippen molar-refractivity contribution in [3.63, 3.8) is 0 Å². The molecule has 2 unspecified atom stereocenters. The Morgan fingerprint density at radius 2 is 2.06 bits per heavy atom. The minimum absolute atomic E-state index is 0.442. The number of hydrogen-bond donors (Lipinski definition) is 1. The van der Waals surface area contributed by atoms with E-state index in [1.165, 1.54) is 6.42 Å². The number of rotatable bonds is 8. The van der Waals surface area contributed by atoms with Crippen LogP contribution in [0.2, 0.25) is 0 Å². The van der Waals surface area contributed by atoms with Gasteiger partial charge in [0, 0.05) is 19.2 Å². The van der Waals surface area contributed by atoms with Crippen molar-refractivity contribution < 1.29 is 9.47 Å². The van der Waals surface area contributed by atoms with Crippen molar-refractivity contribution in [2.75, 3.05) is 25.6 Å². The molecule has 0 aliphatic heterocycles. The molecule has 1 rings (SSSR count). The average Bonchev–Trinajstić information content (AvgIpc) is 2.40. The fourth-order valence-electron chi connectivity index (χ4n) is 1.54. The number of pyridine rings is 1. The Balaban J connectivity index is 2.44. The monoisotopic (exact) mass is 252 g/mol. The molecular formula is C14H24N2O2. The van der Waals surface area contributed by atoms with E-state index >= 15 is 0 Å². The molecule has 0 aliphatic rings. The lowest BCUT2D eigenvalue weighted by Crippen LogP contribution is -2.23. The second-order valence-corrected chi connectivity index (χ2v) is 4.54. The molecule has 1 aromatic rings. The number of ether oxygens (including phenoxy) is 2. The van der Waals surface area contributed by atoms with Crippen molar-refractivity contribution in [3.05, 3.63) is 18.3 Å². The first-order valence-corrected chi connectivity index (χ1v) is 6.51. The number of hydrogen-bond acceptors (Lipinski definition) is 4. The predicted octanol–water partition coefficient (Wildman–Crippen LogP) is 2.95. The molecular weight excluding hydrogens is 228 g/mol. The number of nitrogens with one attached hydrogen (secondary N) is 1. The van der Waals surface area contributed by atoms with E-state index in [9.17, 15) is 0 Å². The lowest BCUT2D eigenvalue weighted by atomic mass is 10.0. The van der Waals surface area contributed by atoms with Gasteiger partial charge < -0.3 is 14.8 Å². The van der Waals surface area contributed by atoms with E-state index < -0.39 is 0 Å². The molecule has 1 N–H and O–H groups in total. The Labute approximate surface area is 110 Å². The number of nitrogens with zero attached hydrogens (tertiary/aromatic N) is 1. The standard InChI is InChI=1S/C14H24N2O2/c1-5-11(2)12(3)16-13-6-7-14(15-10-13)18-9-8-17-4/h6-7,10-12,16H,5,8-9H2,1-4H3. The molecule has 0 radical (unpaired) electrons. The highest BCUT2D eigenvalue weighted by Crippen LogP contribution is 2.16. The van der Waals surface area contributed by atoms with Crippen LogP contribution < -0.4 is 10.1 Å². The number of methoxy groups -OCH3 is 1. The molecule has 0 bridgehead atoms. The third-order valence-corrected chi connectivity index (χ3v) is 3.17. The van der Waals surface area contributed by atoms with Crippen LogP contribution in [0, 0.1) is 5.92 Å². The zero-order valence-corrected chi connectivity index (χ0v) is 11.8. The maximum absolute atomic E-state index is 5.41. The van der Waals surface area contributed by atoms with E-state index in [0.717, 1.165) is 5.69 Å². The van der Waals surface area contributed by atoms with Gasteiger partial charge in [-0.3, -0.25) is 0 Å². The van der Waals surface area contributed by atoms with Crippen LogP contribution in [0.1, 0.15) is 27.2 Å². The molecule has 0 amide bonds. The zero-order chi connectivity index (χ0) is 13.4. The zero-order valence-electron chi connectivity index (χ0n) is 11.8. The Kier molecular flexibility index (Phi) is 6.50. The Morgan fingerprint density at radius 3 is 2.61 bits per heavy atom. The minimum Gasteiger partial charge on any atom is -0.475 e. The topological polar surface area (TPSA) is 43.4 Å². The molecule has 4 nitrogen and oxygen atoms in total. The first kappa shape index (κ1) is 14.8. The maximum Gasteiger partial charge on any atom is 0.213 e. The lowest BCUT2D eigenvalue weighted by molar-refractivity contribution is 0.144. The van der Waals surface area contributed by atoms with Gasteiger partial charge in [-0.25, -0.2) is 4.98 Å². The van der Waals surface area contributed by atoms with Crippen molar-refractivity contribution in [1.29, 1.82) is 0 Å². The van der Waals surface area contributed by atoms with Gasteiger partial charge >= 0.3 is 0 Å². The van der Waals surface area contributed by atoms with Crippen LogP contribution in [-0.4, -0.2) is 31.3 Å². The lowest BCUT2D eigenvalue weighted by Gasteiger charge is -2.20. The van der Waals surface area contributed by atoms with Crippen LogP contribution in [0.25, 0.3) is 0 Å². The fourth-order valence-corrected chi connectivity index (χ4v) is 1.54. The molecule has 102 valence electrons. The molecule has 1 heterocycles. The van der Waals surface area contributed by atoms with Gasteiger partial charge in [0.1, 0.15) is 6.61 Å². The summed E-state index contributed by atoms with van der Waals surface area (Å²) in [6.45, 7) is 7.74. The van der Waals surface area contributed by atoms with Crippen molar-refractivity contribution in [3.8, 4) is 5.88 Å². The summed E-state index contributed by atoms with van der Waals surface area (Å²) < 4.78 is 10.3. The molecule has 0 spiro atoms. The van der Waals surface area contributed by atoms with E-state index in [2.05, 4.69) is 31.1 Å². The second kappa shape index (κ2) is 7.93. The van der Waals surface area contributed by atoms with Gasteiger partial charge in [0.15, 0.2) is 0 Å². The first-order chi connectivity index (χ1) is 8.67.